The lowest BCUT2D eigenvalue weighted by Crippen LogP contribution is -2.40. The van der Waals surface area contributed by atoms with E-state index in [4.69, 9.17) is 20.4 Å². The molecule has 14 heteroatoms. The summed E-state index contributed by atoms with van der Waals surface area (Å²) in [6.07, 6.45) is 2.60. The van der Waals surface area contributed by atoms with Gasteiger partial charge in [-0.05, 0) is 41.9 Å². The maximum absolute atomic E-state index is 12.8. The number of cyclic esters (lactones) is 1. The van der Waals surface area contributed by atoms with Crippen molar-refractivity contribution in [3.05, 3.63) is 40.4 Å². The van der Waals surface area contributed by atoms with Crippen LogP contribution in [-0.2, 0) is 38.8 Å². The number of nitrogens with zero attached hydrogens (tertiary/aromatic N) is 5. The van der Waals surface area contributed by atoms with Crippen LogP contribution in [-0.4, -0.2) is 51.9 Å². The highest BCUT2D eigenvalue weighted by molar-refractivity contribution is 9.10. The van der Waals surface area contributed by atoms with Gasteiger partial charge in [-0.2, -0.15) is 0 Å². The predicted molar refractivity (Wildman–Crippen MR) is 133 cm³/mol. The fourth-order valence-corrected chi connectivity index (χ4v) is 4.44. The number of carboxylic acid groups (broad SMARTS) is 1. The zero-order chi connectivity index (χ0) is 27.1. The molecule has 3 N–H and O–H groups in total. The van der Waals surface area contributed by atoms with Crippen LogP contribution in [0.3, 0.4) is 0 Å². The molecule has 0 radical (unpaired) electrons. The molecule has 1 aliphatic rings. The highest BCUT2D eigenvalue weighted by Crippen LogP contribution is 2.23. The van der Waals surface area contributed by atoms with Crippen molar-refractivity contribution in [2.75, 3.05) is 17.2 Å². The molecule has 196 valence electrons. The van der Waals surface area contributed by atoms with Gasteiger partial charge in [0, 0.05) is 24.5 Å². The molecule has 1 atom stereocenters. The summed E-state index contributed by atoms with van der Waals surface area (Å²) in [4.78, 5) is 54.6. The molecule has 2 aromatic heterocycles. The number of aromatic nitrogens is 4. The maximum Gasteiger partial charge on any atom is 0.328 e. The Morgan fingerprint density at radius 3 is 2.73 bits per heavy atom. The van der Waals surface area contributed by atoms with E-state index in [9.17, 15) is 14.4 Å². The number of hydrogen-bond donors (Lipinski definition) is 2. The average molecular weight is 576 g/mol. The van der Waals surface area contributed by atoms with E-state index in [2.05, 4.69) is 35.8 Å². The Balaban J connectivity index is 0.00000121. The van der Waals surface area contributed by atoms with E-state index in [1.54, 1.807) is 12.1 Å². The molecule has 0 saturated carbocycles. The Hall–Kier alpha value is -4.07. The minimum atomic E-state index is -0.629. The number of fused-ring (bicyclic) bond motifs is 1. The van der Waals surface area contributed by atoms with Crippen LogP contribution in [0.4, 0.5) is 11.6 Å². The molecule has 3 aromatic rings. The van der Waals surface area contributed by atoms with E-state index < -0.39 is 18.5 Å². The molecule has 1 fully saturated rings. The normalized spacial score (nSPS) is 14.5. The predicted octanol–water partition coefficient (Wildman–Crippen LogP) is -0.322. The van der Waals surface area contributed by atoms with Crippen LogP contribution < -0.4 is 25.6 Å². The molecule has 3 heterocycles. The molecular formula is C23H26BrN7O6. The SMILES string of the molecule is CCn1c(CN(C=O)c2nc(Br)cnc2N)[n+](CC)c2ccc(C(=O)N[C@H]3CCOC3=O)cc21.O=C[O-]. The van der Waals surface area contributed by atoms with Crippen molar-refractivity contribution < 1.29 is 33.6 Å². The standard InChI is InChI=1S/C22H24BrN7O4.CH2O2/c1-3-29-15-6-5-13(21(32)26-14-7-8-34-22(14)33)9-16(15)30(4-2)18(29)11-28(12-31)20-19(24)25-10-17(23)27-20;2-1-3/h5-6,9-10,12,14H,3-4,7-8,11H2,1-2H3,(H2-,24,25,26,32);1H,(H,2,3)/t14-;/m0./s1. The van der Waals surface area contributed by atoms with Gasteiger partial charge in [0.15, 0.2) is 22.7 Å². The Labute approximate surface area is 220 Å². The summed E-state index contributed by atoms with van der Waals surface area (Å²) in [6, 6.07) is 4.76. The van der Waals surface area contributed by atoms with Gasteiger partial charge in [-0.25, -0.2) is 23.9 Å². The van der Waals surface area contributed by atoms with Crippen molar-refractivity contribution in [3.63, 3.8) is 0 Å². The summed E-state index contributed by atoms with van der Waals surface area (Å²) in [5, 5.41) is 11.0. The summed E-state index contributed by atoms with van der Waals surface area (Å²) in [5.74, 6) is 0.475. The molecular weight excluding hydrogens is 550 g/mol. The van der Waals surface area contributed by atoms with Crippen LogP contribution in [0.5, 0.6) is 0 Å². The van der Waals surface area contributed by atoms with E-state index >= 15 is 0 Å². The van der Waals surface area contributed by atoms with Crippen molar-refractivity contribution in [2.45, 2.75) is 45.9 Å². The first-order valence-electron chi connectivity index (χ1n) is 11.4. The number of esters is 1. The number of hydrogen-bond acceptors (Lipinski definition) is 9. The molecule has 0 unspecified atom stereocenters. The van der Waals surface area contributed by atoms with Crippen LogP contribution in [0.15, 0.2) is 29.0 Å². The summed E-state index contributed by atoms with van der Waals surface area (Å²) >= 11 is 3.27. The van der Waals surface area contributed by atoms with Gasteiger partial charge in [-0.15, -0.1) is 0 Å². The quantitative estimate of drug-likeness (QED) is 0.207. The number of nitrogen functional groups attached to an aromatic ring is 1. The van der Waals surface area contributed by atoms with E-state index in [0.717, 1.165) is 16.9 Å². The Bertz CT molecular complexity index is 1330. The third-order valence-electron chi connectivity index (χ3n) is 5.78. The average Bonchev–Trinajstić information content (AvgIpc) is 3.43. The van der Waals surface area contributed by atoms with Crippen molar-refractivity contribution in [1.29, 1.82) is 0 Å². The summed E-state index contributed by atoms with van der Waals surface area (Å²) in [5.41, 5.74) is 8.16. The first kappa shape index (κ1) is 27.5. The van der Waals surface area contributed by atoms with Crippen LogP contribution >= 0.6 is 15.9 Å². The number of nitrogens with two attached hydrogens (primary N) is 1. The third kappa shape index (κ3) is 5.85. The van der Waals surface area contributed by atoms with Crippen molar-refractivity contribution in [3.8, 4) is 0 Å². The summed E-state index contributed by atoms with van der Waals surface area (Å²) in [7, 11) is 0. The van der Waals surface area contributed by atoms with E-state index in [-0.39, 0.29) is 24.1 Å². The lowest BCUT2D eigenvalue weighted by Gasteiger charge is -2.16. The number of carbonyl (C=O) groups is 4. The zero-order valence-corrected chi connectivity index (χ0v) is 21.8. The van der Waals surface area contributed by atoms with E-state index in [1.165, 1.54) is 11.1 Å². The number of anilines is 2. The maximum atomic E-state index is 12.8. The lowest BCUT2D eigenvalue weighted by atomic mass is 10.1. The number of aryl methyl sites for hydroxylation is 2. The minimum Gasteiger partial charge on any atom is -0.554 e. The lowest BCUT2D eigenvalue weighted by molar-refractivity contribution is -0.676. The van der Waals surface area contributed by atoms with Crippen molar-refractivity contribution in [1.82, 2.24) is 19.9 Å². The summed E-state index contributed by atoms with van der Waals surface area (Å²) in [6.45, 7) is 5.25. The van der Waals surface area contributed by atoms with Gasteiger partial charge >= 0.3 is 5.97 Å². The van der Waals surface area contributed by atoms with Gasteiger partial charge in [0.25, 0.3) is 11.7 Å². The highest BCUT2D eigenvalue weighted by Gasteiger charge is 2.30. The Morgan fingerprint density at radius 1 is 1.41 bits per heavy atom. The second kappa shape index (κ2) is 12.3. The monoisotopic (exact) mass is 575 g/mol. The van der Waals surface area contributed by atoms with E-state index in [0.29, 0.717) is 42.7 Å². The number of nitrogens with one attached hydrogen (secondary N) is 1. The van der Waals surface area contributed by atoms with Gasteiger partial charge in [0.1, 0.15) is 17.2 Å². The molecule has 37 heavy (non-hydrogen) atoms. The second-order valence-electron chi connectivity index (χ2n) is 7.82. The number of amides is 2. The minimum absolute atomic E-state index is 0.141. The van der Waals surface area contributed by atoms with Gasteiger partial charge < -0.3 is 25.7 Å². The second-order valence-corrected chi connectivity index (χ2v) is 8.63. The first-order valence-corrected chi connectivity index (χ1v) is 12.2. The molecule has 0 aliphatic carbocycles. The number of imidazole rings is 1. The van der Waals surface area contributed by atoms with Crippen LogP contribution in [0.25, 0.3) is 11.0 Å². The molecule has 0 bridgehead atoms. The Morgan fingerprint density at radius 2 is 2.14 bits per heavy atom. The van der Waals surface area contributed by atoms with Gasteiger partial charge in [0.05, 0.1) is 25.9 Å². The van der Waals surface area contributed by atoms with Crippen molar-refractivity contribution >= 4 is 63.4 Å². The number of rotatable bonds is 8. The number of benzene rings is 1. The summed E-state index contributed by atoms with van der Waals surface area (Å²) < 4.78 is 9.51. The fourth-order valence-electron chi connectivity index (χ4n) is 4.17. The van der Waals surface area contributed by atoms with Crippen LogP contribution in [0.2, 0.25) is 0 Å². The Kier molecular flexibility index (Phi) is 9.11. The third-order valence-corrected chi connectivity index (χ3v) is 6.16. The number of carbonyl (C=O) groups excluding carboxylic acids is 4. The van der Waals surface area contributed by atoms with Gasteiger partial charge in [0.2, 0.25) is 6.41 Å². The smallest absolute Gasteiger partial charge is 0.328 e. The molecule has 2 amide bonds. The van der Waals surface area contributed by atoms with Gasteiger partial charge in [-0.1, -0.05) is 0 Å². The largest absolute Gasteiger partial charge is 0.554 e. The van der Waals surface area contributed by atoms with Crippen LogP contribution in [0, 0.1) is 0 Å². The fraction of sp³-hybridized carbons (Fsp3) is 0.348. The number of halogens is 1. The number of ether oxygens (including phenoxy) is 1. The molecule has 1 aliphatic heterocycles. The molecule has 1 saturated heterocycles. The zero-order valence-electron chi connectivity index (χ0n) is 20.2. The molecule has 4 rings (SSSR count). The topological polar surface area (TPSA) is 176 Å². The highest BCUT2D eigenvalue weighted by atomic mass is 79.9. The molecule has 0 spiro atoms. The molecule has 13 nitrogen and oxygen atoms in total. The van der Waals surface area contributed by atoms with Gasteiger partial charge in [-0.3, -0.25) is 14.5 Å². The first-order chi connectivity index (χ1) is 17.8. The van der Waals surface area contributed by atoms with E-state index in [1.807, 2.05) is 24.5 Å². The molecule has 1 aromatic carbocycles. The van der Waals surface area contributed by atoms with Crippen LogP contribution in [0.1, 0.15) is 36.5 Å². The van der Waals surface area contributed by atoms with Crippen molar-refractivity contribution in [2.24, 2.45) is 0 Å².